The first-order valence-corrected chi connectivity index (χ1v) is 4.76. The van der Waals surface area contributed by atoms with Crippen LogP contribution in [0.1, 0.15) is 12.8 Å². The lowest BCUT2D eigenvalue weighted by Gasteiger charge is -1.98. The van der Waals surface area contributed by atoms with Gasteiger partial charge in [-0.15, -0.1) is 0 Å². The van der Waals surface area contributed by atoms with Crippen LogP contribution in [0.5, 0.6) is 0 Å². The van der Waals surface area contributed by atoms with E-state index in [0.29, 0.717) is 0 Å². The number of carboxylic acid groups (broad SMARTS) is 2. The van der Waals surface area contributed by atoms with Gasteiger partial charge in [0.15, 0.2) is 0 Å². The van der Waals surface area contributed by atoms with Crippen molar-refractivity contribution in [1.29, 1.82) is 0 Å². The van der Waals surface area contributed by atoms with Crippen molar-refractivity contribution in [3.8, 4) is 0 Å². The number of carbonyl (C=O) groups is 3. The van der Waals surface area contributed by atoms with Crippen LogP contribution >= 0.6 is 0 Å². The van der Waals surface area contributed by atoms with E-state index in [4.69, 9.17) is 20.2 Å². The second-order valence-corrected chi connectivity index (χ2v) is 2.91. The van der Waals surface area contributed by atoms with E-state index in [0.717, 1.165) is 0 Å². The van der Waals surface area contributed by atoms with Crippen molar-refractivity contribution in [3.63, 3.8) is 0 Å². The van der Waals surface area contributed by atoms with E-state index in [1.807, 2.05) is 18.2 Å². The highest BCUT2D eigenvalue weighted by Gasteiger charge is 2.26. The highest BCUT2D eigenvalue weighted by atomic mass is 16.6. The Bertz CT molecular complexity index is 348. The van der Waals surface area contributed by atoms with Gasteiger partial charge >= 0.3 is 6.16 Å². The molecule has 0 aliphatic carbocycles. The Labute approximate surface area is 102 Å². The molecule has 2 heterocycles. The summed E-state index contributed by atoms with van der Waals surface area (Å²) in [6, 6.07) is 5.72. The maximum atomic E-state index is 10.2. The lowest BCUT2D eigenvalue weighted by Crippen LogP contribution is -2.24. The fourth-order valence-corrected chi connectivity index (χ4v) is 0.877. The smallest absolute Gasteiger partial charge is 0.450 e. The quantitative estimate of drug-likeness (QED) is 0.463. The highest BCUT2D eigenvalue weighted by Crippen LogP contribution is 2.06. The summed E-state index contributed by atoms with van der Waals surface area (Å²) in [7, 11) is 0. The SMILES string of the molecule is O=C(O)O.O=C1CCC(=O)N1O.c1ccncc1. The molecule has 1 aliphatic rings. The van der Waals surface area contributed by atoms with Gasteiger partial charge in [0.25, 0.3) is 11.8 Å². The Kier molecular flexibility index (Phi) is 7.46. The number of pyridine rings is 1. The topological polar surface area (TPSA) is 128 Å². The summed E-state index contributed by atoms with van der Waals surface area (Å²) in [6.45, 7) is 0. The summed E-state index contributed by atoms with van der Waals surface area (Å²) >= 11 is 0. The maximum Gasteiger partial charge on any atom is 0.503 e. The zero-order chi connectivity index (χ0) is 14.0. The fourth-order valence-electron chi connectivity index (χ4n) is 0.877. The second-order valence-electron chi connectivity index (χ2n) is 2.91. The lowest BCUT2D eigenvalue weighted by atomic mass is 10.4. The lowest BCUT2D eigenvalue weighted by molar-refractivity contribution is -0.171. The van der Waals surface area contributed by atoms with Gasteiger partial charge in [-0.25, -0.2) is 4.79 Å². The molecule has 1 saturated heterocycles. The third kappa shape index (κ3) is 7.77. The molecule has 1 aromatic heterocycles. The summed E-state index contributed by atoms with van der Waals surface area (Å²) in [6.07, 6.45) is 1.96. The molecular formula is C10H12N2O6. The van der Waals surface area contributed by atoms with Crippen molar-refractivity contribution in [1.82, 2.24) is 10.0 Å². The predicted molar refractivity (Wildman–Crippen MR) is 57.8 cm³/mol. The Morgan fingerprint density at radius 2 is 1.44 bits per heavy atom. The second kappa shape index (κ2) is 8.65. The summed E-state index contributed by atoms with van der Waals surface area (Å²) < 4.78 is 0. The van der Waals surface area contributed by atoms with Crippen LogP contribution in [0, 0.1) is 0 Å². The van der Waals surface area contributed by atoms with E-state index in [1.54, 1.807) is 12.4 Å². The van der Waals surface area contributed by atoms with Crippen molar-refractivity contribution >= 4 is 18.0 Å². The predicted octanol–water partition coefficient (Wildman–Crippen LogP) is 0.829. The van der Waals surface area contributed by atoms with Gasteiger partial charge in [-0.1, -0.05) is 6.07 Å². The molecule has 0 radical (unpaired) electrons. The maximum absolute atomic E-state index is 10.2. The molecule has 0 aromatic carbocycles. The molecule has 0 spiro atoms. The fraction of sp³-hybridized carbons (Fsp3) is 0.200. The van der Waals surface area contributed by atoms with Crippen LogP contribution in [0.2, 0.25) is 0 Å². The summed E-state index contributed by atoms with van der Waals surface area (Å²) in [5, 5.41) is 22.5. The first-order chi connectivity index (χ1) is 8.45. The van der Waals surface area contributed by atoms with Gasteiger partial charge in [0.2, 0.25) is 0 Å². The number of aromatic nitrogens is 1. The zero-order valence-electron chi connectivity index (χ0n) is 9.26. The van der Waals surface area contributed by atoms with Crippen molar-refractivity contribution < 1.29 is 29.8 Å². The monoisotopic (exact) mass is 256 g/mol. The Morgan fingerprint density at radius 3 is 1.56 bits per heavy atom. The van der Waals surface area contributed by atoms with Gasteiger partial charge < -0.3 is 10.2 Å². The molecule has 1 aromatic rings. The van der Waals surface area contributed by atoms with E-state index in [1.165, 1.54) is 0 Å². The molecule has 2 rings (SSSR count). The van der Waals surface area contributed by atoms with Gasteiger partial charge in [-0.3, -0.25) is 19.8 Å². The average Bonchev–Trinajstić information content (AvgIpc) is 2.63. The largest absolute Gasteiger partial charge is 0.503 e. The van der Waals surface area contributed by atoms with E-state index in [-0.39, 0.29) is 17.9 Å². The highest BCUT2D eigenvalue weighted by molar-refractivity contribution is 6.00. The number of nitrogens with zero attached hydrogens (tertiary/aromatic N) is 2. The van der Waals surface area contributed by atoms with Crippen LogP contribution in [-0.2, 0) is 9.59 Å². The number of hydrogen-bond acceptors (Lipinski definition) is 5. The third-order valence-electron chi connectivity index (χ3n) is 1.59. The number of carbonyl (C=O) groups excluding carboxylic acids is 2. The summed E-state index contributed by atoms with van der Waals surface area (Å²) in [5.74, 6) is -1.01. The summed E-state index contributed by atoms with van der Waals surface area (Å²) in [4.78, 5) is 32.8. The van der Waals surface area contributed by atoms with Gasteiger partial charge in [0.1, 0.15) is 0 Å². The number of amides is 2. The molecule has 0 atom stereocenters. The number of hydroxylamine groups is 2. The van der Waals surface area contributed by atoms with Gasteiger partial charge in [-0.05, 0) is 12.1 Å². The Balaban J connectivity index is 0.000000257. The van der Waals surface area contributed by atoms with Gasteiger partial charge in [0.05, 0.1) is 0 Å². The molecule has 0 bridgehead atoms. The van der Waals surface area contributed by atoms with Gasteiger partial charge in [0, 0.05) is 25.2 Å². The van der Waals surface area contributed by atoms with E-state index < -0.39 is 18.0 Å². The summed E-state index contributed by atoms with van der Waals surface area (Å²) in [5.41, 5.74) is 0. The van der Waals surface area contributed by atoms with Crippen LogP contribution in [0.4, 0.5) is 4.79 Å². The van der Waals surface area contributed by atoms with E-state index in [2.05, 4.69) is 4.98 Å². The third-order valence-corrected chi connectivity index (χ3v) is 1.59. The minimum absolute atomic E-state index is 0.148. The minimum Gasteiger partial charge on any atom is -0.450 e. The molecule has 0 unspecified atom stereocenters. The molecule has 0 saturated carbocycles. The average molecular weight is 256 g/mol. The van der Waals surface area contributed by atoms with Crippen molar-refractivity contribution in [2.45, 2.75) is 12.8 Å². The molecular weight excluding hydrogens is 244 g/mol. The van der Waals surface area contributed by atoms with E-state index in [9.17, 15) is 9.59 Å². The number of hydrogen-bond donors (Lipinski definition) is 3. The normalized spacial score (nSPS) is 13.1. The standard InChI is InChI=1S/C5H5N.C4H5NO3.CH2O3/c1-2-4-6-5-3-1;6-3-1-2-4(7)5(3)8;2-1(3)4/h1-5H;8H,1-2H2;(H2,2,3,4). The Hall–Kier alpha value is -2.48. The van der Waals surface area contributed by atoms with Crippen molar-refractivity contribution in [2.75, 3.05) is 0 Å². The van der Waals surface area contributed by atoms with Crippen molar-refractivity contribution in [2.24, 2.45) is 0 Å². The Morgan fingerprint density at radius 1 is 1.06 bits per heavy atom. The molecule has 2 amide bonds. The number of rotatable bonds is 0. The molecule has 98 valence electrons. The van der Waals surface area contributed by atoms with Crippen molar-refractivity contribution in [3.05, 3.63) is 30.6 Å². The van der Waals surface area contributed by atoms with E-state index >= 15 is 0 Å². The molecule has 8 nitrogen and oxygen atoms in total. The van der Waals surface area contributed by atoms with Crippen LogP contribution in [-0.4, -0.2) is 43.4 Å². The molecule has 1 fully saturated rings. The van der Waals surface area contributed by atoms with Crippen LogP contribution in [0.15, 0.2) is 30.6 Å². The first kappa shape index (κ1) is 15.5. The molecule has 3 N–H and O–H groups in total. The zero-order valence-corrected chi connectivity index (χ0v) is 9.26. The van der Waals surface area contributed by atoms with Gasteiger partial charge in [-0.2, -0.15) is 5.06 Å². The first-order valence-electron chi connectivity index (χ1n) is 4.76. The van der Waals surface area contributed by atoms with Crippen LogP contribution in [0.3, 0.4) is 0 Å². The number of imide groups is 1. The minimum atomic E-state index is -1.83. The van der Waals surface area contributed by atoms with Crippen LogP contribution < -0.4 is 0 Å². The molecule has 18 heavy (non-hydrogen) atoms. The van der Waals surface area contributed by atoms with Crippen LogP contribution in [0.25, 0.3) is 0 Å². The molecule has 8 heteroatoms. The molecule has 1 aliphatic heterocycles.